The van der Waals surface area contributed by atoms with Crippen molar-refractivity contribution in [2.75, 3.05) is 13.7 Å². The van der Waals surface area contributed by atoms with Crippen LogP contribution in [0.25, 0.3) is 0 Å². The molecule has 1 N–H and O–H groups in total. The minimum atomic E-state index is -0.511. The number of halogens is 1. The van der Waals surface area contributed by atoms with Gasteiger partial charge in [0.05, 0.1) is 13.5 Å². The van der Waals surface area contributed by atoms with Crippen LogP contribution in [0.2, 0.25) is 0 Å². The summed E-state index contributed by atoms with van der Waals surface area (Å²) in [7, 11) is 1.31. The number of carbonyl (C=O) groups is 2. The lowest BCUT2D eigenvalue weighted by Gasteiger charge is -2.10. The van der Waals surface area contributed by atoms with Gasteiger partial charge < -0.3 is 10.1 Å². The van der Waals surface area contributed by atoms with Crippen LogP contribution in [0.15, 0.2) is 24.3 Å². The molecule has 1 aromatic rings. The molecule has 4 nitrogen and oxygen atoms in total. The molecule has 0 aliphatic heterocycles. The van der Waals surface area contributed by atoms with Crippen molar-refractivity contribution in [3.63, 3.8) is 0 Å². The third-order valence-corrected chi connectivity index (χ3v) is 3.25. The first kappa shape index (κ1) is 14.7. The number of rotatable bonds is 5. The molecule has 0 bridgehead atoms. The number of methoxy groups -OCH3 is 1. The van der Waals surface area contributed by atoms with Crippen LogP contribution in [-0.2, 0) is 20.7 Å². The third-order valence-electron chi connectivity index (χ3n) is 2.55. The summed E-state index contributed by atoms with van der Waals surface area (Å²) >= 11 is 3.14. The number of hydrogen-bond donors (Lipinski definition) is 1. The minimum absolute atomic E-state index is 0.113. The fraction of sp³-hybridized carbons (Fsp3) is 0.385. The first-order valence-corrected chi connectivity index (χ1v) is 6.49. The number of hydrogen-bond acceptors (Lipinski definition) is 3. The second-order valence-electron chi connectivity index (χ2n) is 3.90. The number of alkyl halides is 1. The molecule has 0 radical (unpaired) electrons. The standard InChI is InChI=1S/C13H16BrNO3/c1-9-5-3-4-6-10(9)7-12(16)15-8-11(14)13(17)18-2/h3-6,11H,7-8H2,1-2H3,(H,15,16). The molecule has 0 saturated carbocycles. The van der Waals surface area contributed by atoms with E-state index in [9.17, 15) is 9.59 Å². The van der Waals surface area contributed by atoms with Crippen LogP contribution in [-0.4, -0.2) is 30.4 Å². The quantitative estimate of drug-likeness (QED) is 0.663. The number of ether oxygens (including phenoxy) is 1. The molecule has 0 aliphatic rings. The average Bonchev–Trinajstić information content (AvgIpc) is 2.37. The molecule has 1 aromatic carbocycles. The Balaban J connectivity index is 2.43. The summed E-state index contributed by atoms with van der Waals surface area (Å²) in [4.78, 5) is 22.3. The predicted molar refractivity (Wildman–Crippen MR) is 72.6 cm³/mol. The normalized spacial score (nSPS) is 11.7. The molecular weight excluding hydrogens is 298 g/mol. The second kappa shape index (κ2) is 7.16. The highest BCUT2D eigenvalue weighted by Gasteiger charge is 2.16. The summed E-state index contributed by atoms with van der Waals surface area (Å²) in [5, 5.41) is 2.69. The number of carbonyl (C=O) groups excluding carboxylic acids is 2. The monoisotopic (exact) mass is 313 g/mol. The molecule has 1 rings (SSSR count). The zero-order chi connectivity index (χ0) is 13.5. The van der Waals surface area contributed by atoms with Gasteiger partial charge in [0.1, 0.15) is 4.83 Å². The molecule has 18 heavy (non-hydrogen) atoms. The minimum Gasteiger partial charge on any atom is -0.468 e. The Morgan fingerprint density at radius 3 is 2.67 bits per heavy atom. The molecule has 98 valence electrons. The van der Waals surface area contributed by atoms with Crippen molar-refractivity contribution in [2.45, 2.75) is 18.2 Å². The molecule has 0 aliphatic carbocycles. The number of aryl methyl sites for hydroxylation is 1. The fourth-order valence-corrected chi connectivity index (χ4v) is 1.81. The van der Waals surface area contributed by atoms with Gasteiger partial charge in [0, 0.05) is 6.54 Å². The van der Waals surface area contributed by atoms with Crippen LogP contribution < -0.4 is 5.32 Å². The molecule has 0 spiro atoms. The highest BCUT2D eigenvalue weighted by Crippen LogP contribution is 2.07. The maximum Gasteiger partial charge on any atom is 0.321 e. The van der Waals surface area contributed by atoms with E-state index in [0.717, 1.165) is 11.1 Å². The summed E-state index contributed by atoms with van der Waals surface area (Å²) in [5.74, 6) is -0.510. The molecule has 1 amide bonds. The van der Waals surface area contributed by atoms with E-state index in [2.05, 4.69) is 26.0 Å². The van der Waals surface area contributed by atoms with Gasteiger partial charge in [0.25, 0.3) is 0 Å². The van der Waals surface area contributed by atoms with E-state index in [4.69, 9.17) is 0 Å². The van der Waals surface area contributed by atoms with Gasteiger partial charge in [-0.3, -0.25) is 9.59 Å². The first-order chi connectivity index (χ1) is 8.54. The fourth-order valence-electron chi connectivity index (χ4n) is 1.46. The van der Waals surface area contributed by atoms with E-state index < -0.39 is 10.8 Å². The lowest BCUT2D eigenvalue weighted by Crippen LogP contribution is -2.34. The smallest absolute Gasteiger partial charge is 0.321 e. The van der Waals surface area contributed by atoms with Gasteiger partial charge in [-0.2, -0.15) is 0 Å². The van der Waals surface area contributed by atoms with Gasteiger partial charge in [-0.15, -0.1) is 0 Å². The molecular formula is C13H16BrNO3. The van der Waals surface area contributed by atoms with Crippen molar-refractivity contribution >= 4 is 27.8 Å². The Bertz CT molecular complexity index is 434. The van der Waals surface area contributed by atoms with Crippen molar-refractivity contribution in [1.29, 1.82) is 0 Å². The number of benzene rings is 1. The summed E-state index contributed by atoms with van der Waals surface area (Å²) in [6.07, 6.45) is 0.313. The molecule has 5 heteroatoms. The van der Waals surface area contributed by atoms with Crippen molar-refractivity contribution < 1.29 is 14.3 Å². The highest BCUT2D eigenvalue weighted by molar-refractivity contribution is 9.10. The van der Waals surface area contributed by atoms with Gasteiger partial charge in [0.15, 0.2) is 0 Å². The van der Waals surface area contributed by atoms with Gasteiger partial charge >= 0.3 is 5.97 Å². The molecule has 1 atom stereocenters. The lowest BCUT2D eigenvalue weighted by molar-refractivity contribution is -0.139. The van der Waals surface area contributed by atoms with E-state index in [1.807, 2.05) is 31.2 Å². The van der Waals surface area contributed by atoms with Gasteiger partial charge in [-0.05, 0) is 18.1 Å². The number of esters is 1. The number of nitrogens with one attached hydrogen (secondary N) is 1. The zero-order valence-corrected chi connectivity index (χ0v) is 12.0. The molecule has 1 unspecified atom stereocenters. The Labute approximate surface area is 115 Å². The highest BCUT2D eigenvalue weighted by atomic mass is 79.9. The van der Waals surface area contributed by atoms with E-state index >= 15 is 0 Å². The van der Waals surface area contributed by atoms with Crippen LogP contribution in [0.5, 0.6) is 0 Å². The van der Waals surface area contributed by atoms with Crippen molar-refractivity contribution in [2.24, 2.45) is 0 Å². The van der Waals surface area contributed by atoms with E-state index in [-0.39, 0.29) is 12.5 Å². The van der Waals surface area contributed by atoms with E-state index in [1.165, 1.54) is 7.11 Å². The predicted octanol–water partition coefficient (Wildman–Crippen LogP) is 1.59. The van der Waals surface area contributed by atoms with E-state index in [1.54, 1.807) is 0 Å². The summed E-state index contributed by atoms with van der Waals surface area (Å²) in [6, 6.07) is 7.71. The van der Waals surface area contributed by atoms with E-state index in [0.29, 0.717) is 6.42 Å². The third kappa shape index (κ3) is 4.49. The summed E-state index contributed by atoms with van der Waals surface area (Å²) < 4.78 is 4.54. The molecule has 0 saturated heterocycles. The summed E-state index contributed by atoms with van der Waals surface area (Å²) in [5.41, 5.74) is 2.07. The van der Waals surface area contributed by atoms with Crippen LogP contribution in [0, 0.1) is 6.92 Å². The van der Waals surface area contributed by atoms with Gasteiger partial charge in [-0.1, -0.05) is 40.2 Å². The SMILES string of the molecule is COC(=O)C(Br)CNC(=O)Cc1ccccc1C. The Morgan fingerprint density at radius 1 is 1.39 bits per heavy atom. The first-order valence-electron chi connectivity index (χ1n) is 5.57. The Kier molecular flexibility index (Phi) is 5.85. The van der Waals surface area contributed by atoms with Crippen LogP contribution in [0.3, 0.4) is 0 Å². The van der Waals surface area contributed by atoms with Gasteiger partial charge in [0.2, 0.25) is 5.91 Å². The maximum atomic E-state index is 11.7. The summed E-state index contributed by atoms with van der Waals surface area (Å²) in [6.45, 7) is 2.18. The van der Waals surface area contributed by atoms with Gasteiger partial charge in [-0.25, -0.2) is 0 Å². The topological polar surface area (TPSA) is 55.4 Å². The Morgan fingerprint density at radius 2 is 2.06 bits per heavy atom. The molecule has 0 aromatic heterocycles. The van der Waals surface area contributed by atoms with Crippen LogP contribution in [0.1, 0.15) is 11.1 Å². The average molecular weight is 314 g/mol. The maximum absolute atomic E-state index is 11.7. The van der Waals surface area contributed by atoms with Crippen LogP contribution in [0.4, 0.5) is 0 Å². The van der Waals surface area contributed by atoms with Crippen LogP contribution >= 0.6 is 15.9 Å². The molecule has 0 heterocycles. The second-order valence-corrected chi connectivity index (χ2v) is 5.00. The molecule has 0 fully saturated rings. The van der Waals surface area contributed by atoms with Crippen molar-refractivity contribution in [1.82, 2.24) is 5.32 Å². The van der Waals surface area contributed by atoms with Crippen molar-refractivity contribution in [3.05, 3.63) is 35.4 Å². The number of amides is 1. The Hall–Kier alpha value is -1.36. The lowest BCUT2D eigenvalue weighted by atomic mass is 10.1. The van der Waals surface area contributed by atoms with Crippen molar-refractivity contribution in [3.8, 4) is 0 Å². The largest absolute Gasteiger partial charge is 0.468 e. The zero-order valence-electron chi connectivity index (χ0n) is 10.4.